The molecule has 0 fully saturated rings. The van der Waals surface area contributed by atoms with Gasteiger partial charge in [0, 0.05) is 6.42 Å². The Morgan fingerprint density at radius 2 is 1.26 bits per heavy atom. The van der Waals surface area contributed by atoms with E-state index in [4.69, 9.17) is 9.05 Å². The monoisotopic (exact) mass is 619 g/mol. The summed E-state index contributed by atoms with van der Waals surface area (Å²) in [7, 11) is 1.57. The van der Waals surface area contributed by atoms with Crippen molar-refractivity contribution < 1.29 is 32.9 Å². The standard InChI is InChI=1S/C33H67N2O6P/c1-6-8-10-12-14-16-17-18-19-20-22-24-26-32(36)31(30-41-42(38,39)40-29-28-35(3,4)5)34-33(37)27-25-23-21-15-13-11-9-7-2/h24,26,31-32,36H,6-23,25,27-30H2,1-5H3,(H-,34,37,38,39)/p+1/b26-24+/t31-,32+/m0/s1. The average Bonchev–Trinajstić information content (AvgIpc) is 2.92. The van der Waals surface area contributed by atoms with Gasteiger partial charge in [0.1, 0.15) is 13.2 Å². The van der Waals surface area contributed by atoms with E-state index in [0.717, 1.165) is 38.5 Å². The first-order valence-electron chi connectivity index (χ1n) is 17.1. The molecule has 0 saturated carbocycles. The minimum absolute atomic E-state index is 0.0636. The van der Waals surface area contributed by atoms with Gasteiger partial charge in [-0.15, -0.1) is 0 Å². The third kappa shape index (κ3) is 28.0. The topological polar surface area (TPSA) is 105 Å². The molecule has 1 unspecified atom stereocenters. The van der Waals surface area contributed by atoms with Crippen LogP contribution in [-0.4, -0.2) is 73.4 Å². The van der Waals surface area contributed by atoms with Crippen molar-refractivity contribution in [2.45, 2.75) is 154 Å². The molecule has 8 nitrogen and oxygen atoms in total. The molecule has 3 N–H and O–H groups in total. The molecule has 0 saturated heterocycles. The molecule has 0 heterocycles. The second-order valence-electron chi connectivity index (χ2n) is 12.9. The summed E-state index contributed by atoms with van der Waals surface area (Å²) in [6, 6.07) is -0.835. The van der Waals surface area contributed by atoms with Crippen LogP contribution in [0.2, 0.25) is 0 Å². The quantitative estimate of drug-likeness (QED) is 0.0325. The molecule has 0 aliphatic heterocycles. The smallest absolute Gasteiger partial charge is 0.387 e. The molecule has 0 aromatic carbocycles. The summed E-state index contributed by atoms with van der Waals surface area (Å²) in [4.78, 5) is 22.8. The molecule has 250 valence electrons. The highest BCUT2D eigenvalue weighted by Gasteiger charge is 2.27. The van der Waals surface area contributed by atoms with E-state index >= 15 is 0 Å². The Morgan fingerprint density at radius 1 is 0.786 bits per heavy atom. The number of carbonyl (C=O) groups is 1. The highest BCUT2D eigenvalue weighted by atomic mass is 31.2. The third-order valence-corrected chi connectivity index (χ3v) is 8.49. The number of amides is 1. The van der Waals surface area contributed by atoms with E-state index in [0.29, 0.717) is 17.4 Å². The minimum Gasteiger partial charge on any atom is -0.387 e. The predicted molar refractivity (Wildman–Crippen MR) is 175 cm³/mol. The van der Waals surface area contributed by atoms with Gasteiger partial charge in [-0.2, -0.15) is 0 Å². The van der Waals surface area contributed by atoms with Crippen LogP contribution in [-0.2, 0) is 18.4 Å². The van der Waals surface area contributed by atoms with Crippen molar-refractivity contribution >= 4 is 13.7 Å². The normalized spacial score (nSPS) is 15.1. The van der Waals surface area contributed by atoms with Gasteiger partial charge in [-0.05, 0) is 19.3 Å². The summed E-state index contributed by atoms with van der Waals surface area (Å²) in [5, 5.41) is 13.6. The Labute approximate surface area is 259 Å². The summed E-state index contributed by atoms with van der Waals surface area (Å²) in [5.41, 5.74) is 0. The average molecular weight is 620 g/mol. The van der Waals surface area contributed by atoms with Gasteiger partial charge in [0.05, 0.1) is 39.9 Å². The molecule has 0 aliphatic carbocycles. The molecule has 3 atom stereocenters. The van der Waals surface area contributed by atoms with E-state index in [1.54, 1.807) is 6.08 Å². The van der Waals surface area contributed by atoms with E-state index in [1.165, 1.54) is 83.5 Å². The lowest BCUT2D eigenvalue weighted by Gasteiger charge is -2.25. The van der Waals surface area contributed by atoms with Gasteiger partial charge >= 0.3 is 7.82 Å². The molecule has 0 aliphatic rings. The maximum absolute atomic E-state index is 12.6. The van der Waals surface area contributed by atoms with Gasteiger partial charge in [0.15, 0.2) is 0 Å². The second kappa shape index (κ2) is 26.6. The number of aliphatic hydroxyl groups is 1. The Morgan fingerprint density at radius 3 is 1.76 bits per heavy atom. The van der Waals surface area contributed by atoms with Crippen LogP contribution in [0.25, 0.3) is 0 Å². The van der Waals surface area contributed by atoms with Gasteiger partial charge in [-0.3, -0.25) is 13.8 Å². The highest BCUT2D eigenvalue weighted by molar-refractivity contribution is 7.47. The molecule has 1 amide bonds. The predicted octanol–water partition coefficient (Wildman–Crippen LogP) is 8.07. The Hall–Kier alpha value is -0.760. The number of allylic oxidation sites excluding steroid dienone is 1. The van der Waals surface area contributed by atoms with Crippen LogP contribution in [0.1, 0.15) is 142 Å². The van der Waals surface area contributed by atoms with E-state index in [2.05, 4.69) is 19.2 Å². The summed E-state index contributed by atoms with van der Waals surface area (Å²) in [5.74, 6) is -0.185. The van der Waals surface area contributed by atoms with Crippen molar-refractivity contribution in [3.8, 4) is 0 Å². The van der Waals surface area contributed by atoms with Gasteiger partial charge in [0.2, 0.25) is 5.91 Å². The van der Waals surface area contributed by atoms with Crippen molar-refractivity contribution in [2.24, 2.45) is 0 Å². The van der Waals surface area contributed by atoms with Crippen LogP contribution in [0.15, 0.2) is 12.2 Å². The summed E-state index contributed by atoms with van der Waals surface area (Å²) >= 11 is 0. The number of hydrogen-bond acceptors (Lipinski definition) is 5. The largest absolute Gasteiger partial charge is 0.472 e. The Bertz CT molecular complexity index is 713. The van der Waals surface area contributed by atoms with Crippen molar-refractivity contribution in [1.29, 1.82) is 0 Å². The fourth-order valence-electron chi connectivity index (χ4n) is 4.69. The SMILES string of the molecule is CCCCCCCCCCCC/C=C/[C@@H](O)[C@H](COP(=O)(O)OCC[N+](C)(C)C)NC(=O)CCCCCCCCCC. The molecule has 0 spiro atoms. The van der Waals surface area contributed by atoms with Crippen LogP contribution in [0, 0.1) is 0 Å². The maximum atomic E-state index is 12.6. The third-order valence-electron chi connectivity index (χ3n) is 7.51. The molecule has 0 aromatic heterocycles. The second-order valence-corrected chi connectivity index (χ2v) is 14.4. The highest BCUT2D eigenvalue weighted by Crippen LogP contribution is 2.43. The number of likely N-dealkylation sites (N-methyl/N-ethyl adjacent to an activating group) is 1. The number of unbranched alkanes of at least 4 members (excludes halogenated alkanes) is 17. The van der Waals surface area contributed by atoms with Gasteiger partial charge in [-0.25, -0.2) is 4.57 Å². The maximum Gasteiger partial charge on any atom is 0.472 e. The molecule has 0 bridgehead atoms. The van der Waals surface area contributed by atoms with Gasteiger partial charge in [-0.1, -0.05) is 129 Å². The number of nitrogens with one attached hydrogen (secondary N) is 1. The molecule has 9 heteroatoms. The van der Waals surface area contributed by atoms with Gasteiger partial charge in [0.25, 0.3) is 0 Å². The summed E-state index contributed by atoms with van der Waals surface area (Å²) < 4.78 is 23.3. The number of phosphoric acid groups is 1. The fraction of sp³-hybridized carbons (Fsp3) is 0.909. The number of carbonyl (C=O) groups excluding carboxylic acids is 1. The van der Waals surface area contributed by atoms with Crippen LogP contribution in [0.5, 0.6) is 0 Å². The Balaban J connectivity index is 4.62. The van der Waals surface area contributed by atoms with E-state index in [-0.39, 0.29) is 19.1 Å². The number of phosphoric ester groups is 1. The fourth-order valence-corrected chi connectivity index (χ4v) is 5.42. The van der Waals surface area contributed by atoms with Crippen LogP contribution >= 0.6 is 7.82 Å². The minimum atomic E-state index is -4.31. The van der Waals surface area contributed by atoms with Crippen molar-refractivity contribution in [3.05, 3.63) is 12.2 Å². The van der Waals surface area contributed by atoms with Crippen molar-refractivity contribution in [2.75, 3.05) is 40.9 Å². The number of nitrogens with zero attached hydrogens (tertiary/aromatic N) is 1. The molecule has 0 radical (unpaired) electrons. The number of aliphatic hydroxyl groups excluding tert-OH is 1. The van der Waals surface area contributed by atoms with Gasteiger partial charge < -0.3 is 19.8 Å². The molecule has 0 rings (SSSR count). The lowest BCUT2D eigenvalue weighted by atomic mass is 10.1. The first kappa shape index (κ1) is 41.2. The van der Waals surface area contributed by atoms with E-state index < -0.39 is 20.0 Å². The molecular weight excluding hydrogens is 551 g/mol. The summed E-state index contributed by atoms with van der Waals surface area (Å²) in [6.45, 7) is 4.74. The Kier molecular flexibility index (Phi) is 26.1. The number of quaternary nitrogens is 1. The van der Waals surface area contributed by atoms with E-state index in [1.807, 2.05) is 27.2 Å². The number of hydrogen-bond donors (Lipinski definition) is 3. The van der Waals surface area contributed by atoms with Crippen molar-refractivity contribution in [3.63, 3.8) is 0 Å². The van der Waals surface area contributed by atoms with Crippen LogP contribution < -0.4 is 5.32 Å². The first-order valence-corrected chi connectivity index (χ1v) is 18.6. The zero-order chi connectivity index (χ0) is 31.5. The van der Waals surface area contributed by atoms with Crippen LogP contribution in [0.4, 0.5) is 0 Å². The molecular formula is C33H68N2O6P+. The summed E-state index contributed by atoms with van der Waals surface area (Å²) in [6.07, 6.45) is 25.6. The molecule has 42 heavy (non-hydrogen) atoms. The lowest BCUT2D eigenvalue weighted by molar-refractivity contribution is -0.870. The van der Waals surface area contributed by atoms with Crippen LogP contribution in [0.3, 0.4) is 0 Å². The molecule has 0 aromatic rings. The zero-order valence-electron chi connectivity index (χ0n) is 28.0. The zero-order valence-corrected chi connectivity index (χ0v) is 28.9. The number of rotatable bonds is 30. The van der Waals surface area contributed by atoms with E-state index in [9.17, 15) is 19.4 Å². The lowest BCUT2D eigenvalue weighted by Crippen LogP contribution is -2.45. The van der Waals surface area contributed by atoms with Crippen molar-refractivity contribution in [1.82, 2.24) is 5.32 Å². The first-order chi connectivity index (χ1) is 20.0.